The van der Waals surface area contributed by atoms with Crippen molar-refractivity contribution in [2.75, 3.05) is 0 Å². The Morgan fingerprint density at radius 3 is 1.87 bits per heavy atom. The monoisotopic (exact) mass is 446 g/mol. The smallest absolute Gasteiger partial charge is 0.325 e. The number of carbonyl (C=O) groups is 6. The Bertz CT molecular complexity index is 698. The summed E-state index contributed by atoms with van der Waals surface area (Å²) in [5.74, 6) is -7.00. The first-order valence-electron chi connectivity index (χ1n) is 9.63. The van der Waals surface area contributed by atoms with E-state index < -0.39 is 78.6 Å². The maximum Gasteiger partial charge on any atom is 0.325 e. The second-order valence-corrected chi connectivity index (χ2v) is 7.14. The van der Waals surface area contributed by atoms with E-state index in [9.17, 15) is 28.8 Å². The lowest BCUT2D eigenvalue weighted by atomic mass is 9.97. The Balaban J connectivity index is 5.39. The Morgan fingerprint density at radius 2 is 1.42 bits per heavy atom. The van der Waals surface area contributed by atoms with E-state index in [1.165, 1.54) is 6.92 Å². The van der Waals surface area contributed by atoms with Crippen LogP contribution in [0.1, 0.15) is 46.5 Å². The molecule has 0 bridgehead atoms. The lowest BCUT2D eigenvalue weighted by Gasteiger charge is -2.27. The Labute approximate surface area is 178 Å². The van der Waals surface area contributed by atoms with Gasteiger partial charge in [-0.3, -0.25) is 28.8 Å². The summed E-state index contributed by atoms with van der Waals surface area (Å²) in [4.78, 5) is 69.9. The van der Waals surface area contributed by atoms with Crippen molar-refractivity contribution in [1.82, 2.24) is 16.0 Å². The molecule has 8 N–H and O–H groups in total. The molecule has 0 aromatic rings. The molecule has 31 heavy (non-hydrogen) atoms. The normalized spacial score (nSPS) is 15.5. The van der Waals surface area contributed by atoms with E-state index in [0.29, 0.717) is 6.42 Å². The van der Waals surface area contributed by atoms with Crippen molar-refractivity contribution in [2.24, 2.45) is 11.7 Å². The molecule has 0 saturated carbocycles. The fraction of sp³-hybridized carbons (Fsp3) is 0.667. The minimum Gasteiger partial charge on any atom is -0.481 e. The van der Waals surface area contributed by atoms with Crippen molar-refractivity contribution in [3.05, 3.63) is 0 Å². The van der Waals surface area contributed by atoms with Gasteiger partial charge in [0.2, 0.25) is 17.7 Å². The van der Waals surface area contributed by atoms with E-state index >= 15 is 0 Å². The van der Waals surface area contributed by atoms with Crippen molar-refractivity contribution in [3.63, 3.8) is 0 Å². The first-order chi connectivity index (χ1) is 14.3. The molecule has 0 heterocycles. The lowest BCUT2D eigenvalue weighted by Crippen LogP contribution is -2.58. The molecule has 5 atom stereocenters. The van der Waals surface area contributed by atoms with Gasteiger partial charge in [0.15, 0.2) is 0 Å². The van der Waals surface area contributed by atoms with E-state index in [2.05, 4.69) is 16.0 Å². The number of carboxylic acids is 3. The number of carbonyl (C=O) groups excluding carboxylic acids is 3. The second kappa shape index (κ2) is 13.2. The number of nitrogens with two attached hydrogens (primary N) is 1. The minimum absolute atomic E-state index is 0.229. The molecule has 13 nitrogen and oxygen atoms in total. The Morgan fingerprint density at radius 1 is 0.839 bits per heavy atom. The maximum absolute atomic E-state index is 12.6. The van der Waals surface area contributed by atoms with Crippen LogP contribution < -0.4 is 21.7 Å². The number of hydrogen-bond acceptors (Lipinski definition) is 7. The summed E-state index contributed by atoms with van der Waals surface area (Å²) in [6.45, 7) is 4.60. The van der Waals surface area contributed by atoms with Gasteiger partial charge in [-0.2, -0.15) is 0 Å². The number of rotatable bonds is 14. The van der Waals surface area contributed by atoms with Crippen LogP contribution in [0.3, 0.4) is 0 Å². The number of aliphatic carboxylic acids is 3. The summed E-state index contributed by atoms with van der Waals surface area (Å²) in [5.41, 5.74) is 5.57. The maximum atomic E-state index is 12.6. The number of hydrogen-bond donors (Lipinski definition) is 7. The molecule has 0 rings (SSSR count). The summed E-state index contributed by atoms with van der Waals surface area (Å²) in [6.07, 6.45) is -1.02. The van der Waals surface area contributed by atoms with Gasteiger partial charge in [-0.05, 0) is 19.3 Å². The molecule has 0 radical (unpaired) electrons. The summed E-state index contributed by atoms with van der Waals surface area (Å²) >= 11 is 0. The average molecular weight is 446 g/mol. The van der Waals surface area contributed by atoms with E-state index in [0.717, 1.165) is 0 Å². The van der Waals surface area contributed by atoms with Crippen molar-refractivity contribution in [2.45, 2.75) is 70.6 Å². The first kappa shape index (κ1) is 27.8. The molecule has 0 saturated heterocycles. The van der Waals surface area contributed by atoms with Crippen LogP contribution >= 0.6 is 0 Å². The molecule has 0 aromatic carbocycles. The second-order valence-electron chi connectivity index (χ2n) is 7.14. The van der Waals surface area contributed by atoms with Crippen LogP contribution in [0, 0.1) is 5.92 Å². The quantitative estimate of drug-likeness (QED) is 0.159. The fourth-order valence-corrected chi connectivity index (χ4v) is 2.39. The van der Waals surface area contributed by atoms with E-state index in [-0.39, 0.29) is 6.42 Å². The number of nitrogens with one attached hydrogen (secondary N) is 3. The van der Waals surface area contributed by atoms with Gasteiger partial charge in [-0.25, -0.2) is 0 Å². The predicted octanol–water partition coefficient (Wildman–Crippen LogP) is -1.74. The van der Waals surface area contributed by atoms with Gasteiger partial charge in [-0.15, -0.1) is 0 Å². The van der Waals surface area contributed by atoms with E-state index in [4.69, 9.17) is 21.1 Å². The fourth-order valence-electron chi connectivity index (χ4n) is 2.39. The van der Waals surface area contributed by atoms with Crippen LogP contribution in [-0.4, -0.2) is 75.1 Å². The minimum atomic E-state index is -1.59. The number of carboxylic acid groups (broad SMARTS) is 3. The molecule has 0 aliphatic carbocycles. The van der Waals surface area contributed by atoms with Gasteiger partial charge >= 0.3 is 17.9 Å². The summed E-state index contributed by atoms with van der Waals surface area (Å²) in [6, 6.07) is -5.28. The average Bonchev–Trinajstić information content (AvgIpc) is 2.67. The van der Waals surface area contributed by atoms with Crippen LogP contribution in [0.4, 0.5) is 0 Å². The van der Waals surface area contributed by atoms with Crippen molar-refractivity contribution >= 4 is 35.6 Å². The number of amides is 3. The molecule has 0 spiro atoms. The molecule has 0 fully saturated rings. The molecule has 0 aliphatic rings. The van der Waals surface area contributed by atoms with Crippen LogP contribution in [0.15, 0.2) is 0 Å². The van der Waals surface area contributed by atoms with Crippen LogP contribution in [-0.2, 0) is 28.8 Å². The predicted molar refractivity (Wildman–Crippen MR) is 106 cm³/mol. The summed E-state index contributed by atoms with van der Waals surface area (Å²) in [5, 5.41) is 33.4. The van der Waals surface area contributed by atoms with Gasteiger partial charge in [-0.1, -0.05) is 20.3 Å². The Kier molecular flexibility index (Phi) is 11.8. The largest absolute Gasteiger partial charge is 0.481 e. The molecular weight excluding hydrogens is 416 g/mol. The lowest BCUT2D eigenvalue weighted by molar-refractivity contribution is -0.143. The zero-order valence-corrected chi connectivity index (χ0v) is 17.6. The molecule has 3 amide bonds. The molecule has 13 heteroatoms. The molecule has 5 unspecified atom stereocenters. The van der Waals surface area contributed by atoms with Crippen molar-refractivity contribution in [1.29, 1.82) is 0 Å². The van der Waals surface area contributed by atoms with Crippen molar-refractivity contribution in [3.8, 4) is 0 Å². The molecular formula is C18H30N4O9. The zero-order valence-electron chi connectivity index (χ0n) is 17.6. The highest BCUT2D eigenvalue weighted by molar-refractivity contribution is 5.95. The Hall–Kier alpha value is -3.22. The first-order valence-corrected chi connectivity index (χ1v) is 9.63. The van der Waals surface area contributed by atoms with Crippen LogP contribution in [0.25, 0.3) is 0 Å². The van der Waals surface area contributed by atoms with Gasteiger partial charge in [0, 0.05) is 6.42 Å². The standard InChI is InChI=1S/C18H30N4O9/c1-4-8(2)14(17(29)20-9(3)18(30)31)22-16(28)11(7-13(25)26)21-15(27)10(19)5-6-12(23)24/h8-11,14H,4-7,19H2,1-3H3,(H,20,29)(H,21,27)(H,22,28)(H,23,24)(H,25,26)(H,30,31). The van der Waals surface area contributed by atoms with Gasteiger partial charge in [0.05, 0.1) is 12.5 Å². The van der Waals surface area contributed by atoms with E-state index in [1.54, 1.807) is 13.8 Å². The SMILES string of the molecule is CCC(C)C(NC(=O)C(CC(=O)O)NC(=O)C(N)CCC(=O)O)C(=O)NC(C)C(=O)O. The third-order valence-corrected chi connectivity index (χ3v) is 4.54. The molecule has 0 aliphatic heterocycles. The molecule has 0 aromatic heterocycles. The third kappa shape index (κ3) is 10.4. The van der Waals surface area contributed by atoms with Crippen LogP contribution in [0.2, 0.25) is 0 Å². The molecule has 176 valence electrons. The van der Waals surface area contributed by atoms with Gasteiger partial charge in [0.25, 0.3) is 0 Å². The van der Waals surface area contributed by atoms with Gasteiger partial charge < -0.3 is 37.0 Å². The highest BCUT2D eigenvalue weighted by Crippen LogP contribution is 2.10. The van der Waals surface area contributed by atoms with Crippen LogP contribution in [0.5, 0.6) is 0 Å². The zero-order chi connectivity index (χ0) is 24.3. The van der Waals surface area contributed by atoms with Crippen molar-refractivity contribution < 1.29 is 44.1 Å². The highest BCUT2D eigenvalue weighted by Gasteiger charge is 2.32. The highest BCUT2D eigenvalue weighted by atomic mass is 16.4. The summed E-state index contributed by atoms with van der Waals surface area (Å²) in [7, 11) is 0. The van der Waals surface area contributed by atoms with E-state index in [1.807, 2.05) is 0 Å². The third-order valence-electron chi connectivity index (χ3n) is 4.54. The summed E-state index contributed by atoms with van der Waals surface area (Å²) < 4.78 is 0. The topological polar surface area (TPSA) is 225 Å². The van der Waals surface area contributed by atoms with Gasteiger partial charge in [0.1, 0.15) is 18.1 Å².